The van der Waals surface area contributed by atoms with Crippen LogP contribution in [-0.4, -0.2) is 0 Å². The van der Waals surface area contributed by atoms with Crippen LogP contribution in [-0.2, 0) is 11.7 Å². The summed E-state index contributed by atoms with van der Waals surface area (Å²) in [5.74, 6) is 0. The van der Waals surface area contributed by atoms with Gasteiger partial charge in [-0.05, 0) is 28.5 Å². The van der Waals surface area contributed by atoms with Gasteiger partial charge in [0.05, 0.1) is 0 Å². The molecule has 2 aromatic carbocycles. The number of halogens is 1. The molecule has 0 fully saturated rings. The third-order valence-corrected chi connectivity index (χ3v) is 2.69. The predicted molar refractivity (Wildman–Crippen MR) is 56.0 cm³/mol. The molecular formula is C11H8BrO. The molecule has 13 heavy (non-hydrogen) atoms. The van der Waals surface area contributed by atoms with Crippen LogP contribution in [0, 0.1) is 0 Å². The molecule has 0 aromatic heterocycles. The van der Waals surface area contributed by atoms with Gasteiger partial charge in [-0.1, -0.05) is 40.2 Å². The molecule has 0 bridgehead atoms. The van der Waals surface area contributed by atoms with Crippen LogP contribution in [0.3, 0.4) is 0 Å². The van der Waals surface area contributed by atoms with E-state index in [0.717, 1.165) is 20.8 Å². The summed E-state index contributed by atoms with van der Waals surface area (Å²) in [6.07, 6.45) is 0. The second kappa shape index (κ2) is 3.48. The van der Waals surface area contributed by atoms with E-state index in [1.165, 1.54) is 0 Å². The van der Waals surface area contributed by atoms with Gasteiger partial charge < -0.3 is 0 Å². The number of hydrogen-bond donors (Lipinski definition) is 0. The summed E-state index contributed by atoms with van der Waals surface area (Å²) in [6, 6.07) is 11.8. The van der Waals surface area contributed by atoms with Gasteiger partial charge in [0.2, 0.25) is 0 Å². The molecule has 0 amide bonds. The first kappa shape index (κ1) is 8.73. The smallest absolute Gasteiger partial charge is 0.107 e. The first-order chi connectivity index (χ1) is 6.31. The van der Waals surface area contributed by atoms with Crippen molar-refractivity contribution in [1.29, 1.82) is 0 Å². The Hall–Kier alpha value is -0.860. The Morgan fingerprint density at radius 1 is 1.15 bits per heavy atom. The summed E-state index contributed by atoms with van der Waals surface area (Å²) in [5, 5.41) is 13.0. The lowest BCUT2D eigenvalue weighted by molar-refractivity contribution is 0.177. The number of benzene rings is 2. The van der Waals surface area contributed by atoms with E-state index in [2.05, 4.69) is 15.9 Å². The highest BCUT2D eigenvalue weighted by atomic mass is 79.9. The Bertz CT molecular complexity index is 437. The zero-order valence-corrected chi connectivity index (χ0v) is 8.54. The molecular weight excluding hydrogens is 228 g/mol. The minimum absolute atomic E-state index is 0.163. The molecule has 0 aliphatic heterocycles. The molecule has 0 heterocycles. The highest BCUT2D eigenvalue weighted by Gasteiger charge is 2.00. The molecule has 0 N–H and O–H groups in total. The van der Waals surface area contributed by atoms with Gasteiger partial charge in [-0.25, -0.2) is 5.11 Å². The van der Waals surface area contributed by atoms with Gasteiger partial charge in [0.25, 0.3) is 0 Å². The lowest BCUT2D eigenvalue weighted by Crippen LogP contribution is -1.82. The van der Waals surface area contributed by atoms with E-state index in [1.807, 2.05) is 36.4 Å². The Morgan fingerprint density at radius 2 is 1.92 bits per heavy atom. The van der Waals surface area contributed by atoms with Gasteiger partial charge in [0, 0.05) is 4.47 Å². The lowest BCUT2D eigenvalue weighted by Gasteiger charge is -2.02. The van der Waals surface area contributed by atoms with Crippen molar-refractivity contribution in [1.82, 2.24) is 0 Å². The van der Waals surface area contributed by atoms with Crippen LogP contribution >= 0.6 is 15.9 Å². The fourth-order valence-corrected chi connectivity index (χ4v) is 2.06. The van der Waals surface area contributed by atoms with Crippen molar-refractivity contribution in [3.8, 4) is 0 Å². The number of hydrogen-bond acceptors (Lipinski definition) is 0. The molecule has 1 radical (unpaired) electrons. The monoisotopic (exact) mass is 235 g/mol. The topological polar surface area (TPSA) is 19.9 Å². The van der Waals surface area contributed by atoms with Crippen LogP contribution in [0.1, 0.15) is 5.56 Å². The summed E-state index contributed by atoms with van der Waals surface area (Å²) in [6.45, 7) is -0.163. The van der Waals surface area contributed by atoms with Crippen LogP contribution in [0.2, 0.25) is 0 Å². The van der Waals surface area contributed by atoms with E-state index in [4.69, 9.17) is 0 Å². The minimum atomic E-state index is -0.163. The van der Waals surface area contributed by atoms with Crippen LogP contribution < -0.4 is 0 Å². The molecule has 65 valence electrons. The average Bonchev–Trinajstić information content (AvgIpc) is 2.18. The Balaban J connectivity index is 2.77. The highest BCUT2D eigenvalue weighted by molar-refractivity contribution is 9.10. The van der Waals surface area contributed by atoms with Crippen molar-refractivity contribution in [3.05, 3.63) is 46.4 Å². The van der Waals surface area contributed by atoms with Gasteiger partial charge in [0.1, 0.15) is 6.61 Å². The van der Waals surface area contributed by atoms with Crippen LogP contribution in [0.4, 0.5) is 0 Å². The van der Waals surface area contributed by atoms with E-state index in [9.17, 15) is 5.11 Å². The van der Waals surface area contributed by atoms with E-state index < -0.39 is 0 Å². The fourth-order valence-electron chi connectivity index (χ4n) is 1.41. The molecule has 1 nitrogen and oxygen atoms in total. The molecule has 2 heteroatoms. The maximum absolute atomic E-state index is 10.7. The van der Waals surface area contributed by atoms with Gasteiger partial charge in [-0.15, -0.1) is 0 Å². The van der Waals surface area contributed by atoms with Gasteiger partial charge in [-0.3, -0.25) is 0 Å². The second-order valence-electron chi connectivity index (χ2n) is 2.94. The van der Waals surface area contributed by atoms with Gasteiger partial charge in [-0.2, -0.15) is 0 Å². The largest absolute Gasteiger partial charge is 0.232 e. The van der Waals surface area contributed by atoms with Gasteiger partial charge >= 0.3 is 0 Å². The summed E-state index contributed by atoms with van der Waals surface area (Å²) in [5.41, 5.74) is 0.825. The third-order valence-electron chi connectivity index (χ3n) is 2.04. The van der Waals surface area contributed by atoms with Crippen molar-refractivity contribution in [3.63, 3.8) is 0 Å². The van der Waals surface area contributed by atoms with Crippen molar-refractivity contribution >= 4 is 26.7 Å². The number of rotatable bonds is 1. The van der Waals surface area contributed by atoms with Gasteiger partial charge in [0.15, 0.2) is 0 Å². The molecule has 0 saturated carbocycles. The summed E-state index contributed by atoms with van der Waals surface area (Å²) < 4.78 is 0.997. The van der Waals surface area contributed by atoms with Crippen LogP contribution in [0.15, 0.2) is 40.9 Å². The van der Waals surface area contributed by atoms with Crippen LogP contribution in [0.5, 0.6) is 0 Å². The zero-order valence-electron chi connectivity index (χ0n) is 6.96. The molecule has 0 atom stereocenters. The molecule has 0 aliphatic carbocycles. The minimum Gasteiger partial charge on any atom is -0.232 e. The second-order valence-corrected chi connectivity index (χ2v) is 3.80. The maximum Gasteiger partial charge on any atom is 0.107 e. The van der Waals surface area contributed by atoms with E-state index in [-0.39, 0.29) is 6.61 Å². The van der Waals surface area contributed by atoms with Crippen molar-refractivity contribution in [2.75, 3.05) is 0 Å². The Morgan fingerprint density at radius 3 is 2.69 bits per heavy atom. The Labute approximate surface area is 85.1 Å². The van der Waals surface area contributed by atoms with Crippen molar-refractivity contribution in [2.45, 2.75) is 6.61 Å². The Kier molecular flexibility index (Phi) is 2.34. The highest BCUT2D eigenvalue weighted by Crippen LogP contribution is 2.25. The first-order valence-corrected chi connectivity index (χ1v) is 4.86. The zero-order chi connectivity index (χ0) is 9.26. The first-order valence-electron chi connectivity index (χ1n) is 4.06. The van der Waals surface area contributed by atoms with E-state index in [0.29, 0.717) is 0 Å². The molecule has 2 aromatic rings. The predicted octanol–water partition coefficient (Wildman–Crippen LogP) is 3.53. The molecule has 0 unspecified atom stereocenters. The normalized spacial score (nSPS) is 10.6. The van der Waals surface area contributed by atoms with Crippen LogP contribution in [0.25, 0.3) is 10.8 Å². The quantitative estimate of drug-likeness (QED) is 0.721. The standard InChI is InChI=1S/C11H8BrO/c12-11-6-8(7-13)5-9-3-1-2-4-10(9)11/h1-6H,7H2. The van der Waals surface area contributed by atoms with Crippen molar-refractivity contribution in [2.24, 2.45) is 0 Å². The van der Waals surface area contributed by atoms with Crippen molar-refractivity contribution < 1.29 is 5.11 Å². The van der Waals surface area contributed by atoms with E-state index in [1.54, 1.807) is 0 Å². The molecule has 0 saturated heterocycles. The molecule has 0 aliphatic rings. The maximum atomic E-state index is 10.7. The SMILES string of the molecule is [O]Cc1cc(Br)c2ccccc2c1. The van der Waals surface area contributed by atoms with E-state index >= 15 is 0 Å². The average molecular weight is 236 g/mol. The molecule has 0 spiro atoms. The summed E-state index contributed by atoms with van der Waals surface area (Å²) in [4.78, 5) is 0. The molecule has 2 rings (SSSR count). The summed E-state index contributed by atoms with van der Waals surface area (Å²) >= 11 is 3.45. The lowest BCUT2D eigenvalue weighted by atomic mass is 10.1. The number of fused-ring (bicyclic) bond motifs is 1. The fraction of sp³-hybridized carbons (Fsp3) is 0.0909. The summed E-state index contributed by atoms with van der Waals surface area (Å²) in [7, 11) is 0. The third kappa shape index (κ3) is 1.60.